The fourth-order valence-corrected chi connectivity index (χ4v) is 5.47. The van der Waals surface area contributed by atoms with Crippen molar-refractivity contribution in [1.29, 1.82) is 0 Å². The lowest BCUT2D eigenvalue weighted by atomic mass is 9.79. The SMILES string of the molecule is CC(C)C(CNC(=O)[C@H]1CN(C(=O)OC(C)(C)C)CC[C@@H]1c1cccc(-c2ccccc2)c1)c1ccccc1. The highest BCUT2D eigenvalue weighted by Crippen LogP contribution is 2.36. The van der Waals surface area contributed by atoms with Crippen LogP contribution in [-0.4, -0.2) is 42.1 Å². The van der Waals surface area contributed by atoms with Crippen molar-refractivity contribution in [3.05, 3.63) is 96.1 Å². The van der Waals surface area contributed by atoms with Crippen LogP contribution in [0.1, 0.15) is 64.0 Å². The van der Waals surface area contributed by atoms with Gasteiger partial charge in [0.05, 0.1) is 5.92 Å². The summed E-state index contributed by atoms with van der Waals surface area (Å²) >= 11 is 0. The minimum absolute atomic E-state index is 0.00146. The summed E-state index contributed by atoms with van der Waals surface area (Å²) in [6.07, 6.45) is 0.336. The van der Waals surface area contributed by atoms with Gasteiger partial charge in [0.1, 0.15) is 5.60 Å². The van der Waals surface area contributed by atoms with Gasteiger partial charge in [0.15, 0.2) is 0 Å². The first-order chi connectivity index (χ1) is 18.6. The van der Waals surface area contributed by atoms with Crippen LogP contribution < -0.4 is 5.32 Å². The first kappa shape index (κ1) is 28.4. The van der Waals surface area contributed by atoms with Crippen LogP contribution in [-0.2, 0) is 9.53 Å². The second-order valence-corrected chi connectivity index (χ2v) is 11.9. The number of nitrogens with zero attached hydrogens (tertiary/aromatic N) is 1. The number of nitrogens with one attached hydrogen (secondary N) is 1. The van der Waals surface area contributed by atoms with E-state index in [0.29, 0.717) is 32.0 Å². The van der Waals surface area contributed by atoms with Crippen molar-refractivity contribution < 1.29 is 14.3 Å². The van der Waals surface area contributed by atoms with Gasteiger partial charge in [-0.05, 0) is 61.3 Å². The Balaban J connectivity index is 1.58. The highest BCUT2D eigenvalue weighted by Gasteiger charge is 2.38. The van der Waals surface area contributed by atoms with Crippen molar-refractivity contribution in [3.8, 4) is 11.1 Å². The number of carbonyl (C=O) groups is 2. The van der Waals surface area contributed by atoms with Crippen molar-refractivity contribution >= 4 is 12.0 Å². The zero-order valence-corrected chi connectivity index (χ0v) is 23.9. The highest BCUT2D eigenvalue weighted by molar-refractivity contribution is 5.81. The number of ether oxygens (including phenoxy) is 1. The summed E-state index contributed by atoms with van der Waals surface area (Å²) in [6, 6.07) is 29.1. The van der Waals surface area contributed by atoms with Crippen LogP contribution in [0.4, 0.5) is 4.79 Å². The van der Waals surface area contributed by atoms with Crippen molar-refractivity contribution in [1.82, 2.24) is 10.2 Å². The first-order valence-electron chi connectivity index (χ1n) is 14.1. The molecule has 1 aliphatic rings. The van der Waals surface area contributed by atoms with Crippen LogP contribution >= 0.6 is 0 Å². The molecule has 0 radical (unpaired) electrons. The number of piperidine rings is 1. The molecule has 1 heterocycles. The summed E-state index contributed by atoms with van der Waals surface area (Å²) in [4.78, 5) is 28.5. The lowest BCUT2D eigenvalue weighted by Gasteiger charge is -2.39. The molecule has 0 saturated carbocycles. The Morgan fingerprint density at radius 1 is 0.923 bits per heavy atom. The maximum atomic E-state index is 13.9. The summed E-state index contributed by atoms with van der Waals surface area (Å²) in [6.45, 7) is 11.4. The van der Waals surface area contributed by atoms with Gasteiger partial charge in [-0.1, -0.05) is 98.8 Å². The molecule has 0 aliphatic carbocycles. The van der Waals surface area contributed by atoms with E-state index in [4.69, 9.17) is 4.74 Å². The van der Waals surface area contributed by atoms with E-state index in [1.165, 1.54) is 5.56 Å². The smallest absolute Gasteiger partial charge is 0.410 e. The van der Waals surface area contributed by atoms with Gasteiger partial charge >= 0.3 is 6.09 Å². The zero-order valence-electron chi connectivity index (χ0n) is 23.9. The minimum atomic E-state index is -0.587. The molecule has 3 atom stereocenters. The number of carbonyl (C=O) groups excluding carboxylic acids is 2. The molecule has 5 heteroatoms. The summed E-state index contributed by atoms with van der Waals surface area (Å²) in [5, 5.41) is 3.27. The van der Waals surface area contributed by atoms with Gasteiger partial charge < -0.3 is 15.0 Å². The van der Waals surface area contributed by atoms with E-state index in [0.717, 1.165) is 16.7 Å². The van der Waals surface area contributed by atoms with E-state index in [9.17, 15) is 9.59 Å². The van der Waals surface area contributed by atoms with E-state index in [-0.39, 0.29) is 29.8 Å². The molecule has 1 saturated heterocycles. The van der Waals surface area contributed by atoms with Crippen LogP contribution in [0.5, 0.6) is 0 Å². The van der Waals surface area contributed by atoms with Gasteiger partial charge in [-0.2, -0.15) is 0 Å². The van der Waals surface area contributed by atoms with Gasteiger partial charge in [0, 0.05) is 25.6 Å². The minimum Gasteiger partial charge on any atom is -0.444 e. The monoisotopic (exact) mass is 526 g/mol. The maximum absolute atomic E-state index is 13.9. The Bertz CT molecular complexity index is 1230. The quantitative estimate of drug-likeness (QED) is 0.353. The van der Waals surface area contributed by atoms with Crippen LogP contribution in [0.3, 0.4) is 0 Å². The van der Waals surface area contributed by atoms with Crippen molar-refractivity contribution in [2.45, 2.75) is 58.5 Å². The van der Waals surface area contributed by atoms with Gasteiger partial charge in [-0.3, -0.25) is 4.79 Å². The van der Waals surface area contributed by atoms with Crippen molar-refractivity contribution in [2.24, 2.45) is 11.8 Å². The van der Waals surface area contributed by atoms with Gasteiger partial charge in [-0.15, -0.1) is 0 Å². The zero-order chi connectivity index (χ0) is 28.0. The summed E-state index contributed by atoms with van der Waals surface area (Å²) in [7, 11) is 0. The number of likely N-dealkylation sites (tertiary alicyclic amines) is 1. The number of rotatable bonds is 7. The van der Waals surface area contributed by atoms with E-state index >= 15 is 0 Å². The number of hydrogen-bond donors (Lipinski definition) is 1. The van der Waals surface area contributed by atoms with Crippen LogP contribution in [0.2, 0.25) is 0 Å². The van der Waals surface area contributed by atoms with Gasteiger partial charge in [-0.25, -0.2) is 4.79 Å². The Hall–Kier alpha value is -3.60. The summed E-state index contributed by atoms with van der Waals surface area (Å²) < 4.78 is 5.67. The van der Waals surface area contributed by atoms with Crippen LogP contribution in [0.15, 0.2) is 84.9 Å². The molecule has 1 aliphatic heterocycles. The molecule has 5 nitrogen and oxygen atoms in total. The second kappa shape index (κ2) is 12.5. The predicted octanol–water partition coefficient (Wildman–Crippen LogP) is 7.25. The van der Waals surface area contributed by atoms with Crippen LogP contribution in [0, 0.1) is 11.8 Å². The molecule has 0 spiro atoms. The molecule has 1 fully saturated rings. The van der Waals surface area contributed by atoms with E-state index in [2.05, 4.69) is 67.7 Å². The average molecular weight is 527 g/mol. The predicted molar refractivity (Wildman–Crippen MR) is 158 cm³/mol. The molecular weight excluding hydrogens is 484 g/mol. The van der Waals surface area contributed by atoms with Crippen molar-refractivity contribution in [3.63, 3.8) is 0 Å². The molecule has 1 unspecified atom stereocenters. The molecule has 0 aromatic heterocycles. The summed E-state index contributed by atoms with van der Waals surface area (Å²) in [5.41, 5.74) is 4.04. The largest absolute Gasteiger partial charge is 0.444 e. The van der Waals surface area contributed by atoms with E-state index in [1.807, 2.05) is 57.2 Å². The standard InChI is InChI=1S/C34H42N2O3/c1-24(2)30(26-15-10-7-11-16-26)22-35-32(37)31-23-36(33(38)39-34(3,4)5)20-19-29(31)28-18-12-17-27(21-28)25-13-8-6-9-14-25/h6-18,21,24,29-31H,19-20,22-23H2,1-5H3,(H,35,37)/t29-,30?,31+/m1/s1. The third-order valence-electron chi connectivity index (χ3n) is 7.55. The normalized spacial score (nSPS) is 18.5. The first-order valence-corrected chi connectivity index (χ1v) is 14.1. The molecule has 2 amide bonds. The van der Waals surface area contributed by atoms with Crippen LogP contribution in [0.25, 0.3) is 11.1 Å². The molecular formula is C34H42N2O3. The highest BCUT2D eigenvalue weighted by atomic mass is 16.6. The Labute approximate surface area is 233 Å². The summed E-state index contributed by atoms with van der Waals surface area (Å²) in [5.74, 6) is 0.193. The molecule has 3 aromatic rings. The Morgan fingerprint density at radius 3 is 2.21 bits per heavy atom. The number of hydrogen-bond acceptors (Lipinski definition) is 3. The third-order valence-corrected chi connectivity index (χ3v) is 7.55. The molecule has 0 bridgehead atoms. The lowest BCUT2D eigenvalue weighted by molar-refractivity contribution is -0.127. The lowest BCUT2D eigenvalue weighted by Crippen LogP contribution is -2.50. The molecule has 39 heavy (non-hydrogen) atoms. The van der Waals surface area contributed by atoms with E-state index < -0.39 is 5.60 Å². The topological polar surface area (TPSA) is 58.6 Å². The van der Waals surface area contributed by atoms with Crippen molar-refractivity contribution in [2.75, 3.05) is 19.6 Å². The molecule has 1 N–H and O–H groups in total. The number of amides is 2. The van der Waals surface area contributed by atoms with Gasteiger partial charge in [0.25, 0.3) is 0 Å². The second-order valence-electron chi connectivity index (χ2n) is 11.9. The average Bonchev–Trinajstić information content (AvgIpc) is 2.93. The van der Waals surface area contributed by atoms with E-state index in [1.54, 1.807) is 4.90 Å². The maximum Gasteiger partial charge on any atom is 0.410 e. The molecule has 206 valence electrons. The Morgan fingerprint density at radius 2 is 1.56 bits per heavy atom. The fourth-order valence-electron chi connectivity index (χ4n) is 5.47. The number of benzene rings is 3. The Kier molecular flexibility index (Phi) is 9.11. The molecule has 4 rings (SSSR count). The fraction of sp³-hybridized carbons (Fsp3) is 0.412. The van der Waals surface area contributed by atoms with Gasteiger partial charge in [0.2, 0.25) is 5.91 Å². The third kappa shape index (κ3) is 7.50. The molecule has 3 aromatic carbocycles.